The number of unbranched alkanes of at least 4 members (excludes halogenated alkanes) is 2. The molecule has 0 unspecified atom stereocenters. The fraction of sp³-hybridized carbons (Fsp3) is 0.172. The third-order valence-electron chi connectivity index (χ3n) is 5.52. The van der Waals surface area contributed by atoms with Crippen molar-refractivity contribution in [2.24, 2.45) is 0 Å². The lowest BCUT2D eigenvalue weighted by molar-refractivity contribution is 0.278. The van der Waals surface area contributed by atoms with Crippen LogP contribution in [0.1, 0.15) is 19.3 Å². The molecule has 0 fully saturated rings. The topological polar surface area (TPSA) is 18.5 Å². The summed E-state index contributed by atoms with van der Waals surface area (Å²) in [7, 11) is 0. The van der Waals surface area contributed by atoms with Gasteiger partial charge in [0, 0.05) is 23.3 Å². The van der Waals surface area contributed by atoms with E-state index < -0.39 is 11.6 Å². The Hall–Kier alpha value is -3.80. The van der Waals surface area contributed by atoms with Crippen molar-refractivity contribution < 1.29 is 27.0 Å². The second-order valence-corrected chi connectivity index (χ2v) is 8.05. The Morgan fingerprint density at radius 3 is 1.23 bits per heavy atom. The van der Waals surface area contributed by atoms with Crippen LogP contribution in [0.5, 0.6) is 11.5 Å². The number of benzene rings is 4. The van der Waals surface area contributed by atoms with Crippen LogP contribution in [0.25, 0.3) is 22.3 Å². The van der Waals surface area contributed by atoms with Crippen molar-refractivity contribution >= 4 is 0 Å². The van der Waals surface area contributed by atoms with Gasteiger partial charge in [-0.1, -0.05) is 24.3 Å². The Morgan fingerprint density at radius 2 is 0.857 bits per heavy atom. The van der Waals surface area contributed by atoms with Crippen molar-refractivity contribution in [3.05, 3.63) is 108 Å². The second kappa shape index (κ2) is 11.6. The summed E-state index contributed by atoms with van der Waals surface area (Å²) in [5, 5.41) is 0. The van der Waals surface area contributed by atoms with Crippen LogP contribution in [0.15, 0.2) is 84.9 Å². The highest BCUT2D eigenvalue weighted by molar-refractivity contribution is 5.65. The second-order valence-electron chi connectivity index (χ2n) is 8.05. The van der Waals surface area contributed by atoms with Gasteiger partial charge in [-0.3, -0.25) is 0 Å². The largest absolute Gasteiger partial charge is 0.493 e. The van der Waals surface area contributed by atoms with E-state index in [-0.39, 0.29) is 11.6 Å². The van der Waals surface area contributed by atoms with Gasteiger partial charge in [-0.05, 0) is 78.9 Å². The molecule has 0 amide bonds. The van der Waals surface area contributed by atoms with E-state index in [1.807, 2.05) is 0 Å². The lowest BCUT2D eigenvalue weighted by Gasteiger charge is -2.10. The van der Waals surface area contributed by atoms with Gasteiger partial charge in [0.25, 0.3) is 0 Å². The van der Waals surface area contributed by atoms with E-state index in [1.165, 1.54) is 60.7 Å². The molecule has 6 heteroatoms. The van der Waals surface area contributed by atoms with Gasteiger partial charge in [0.1, 0.15) is 34.8 Å². The Morgan fingerprint density at radius 1 is 0.457 bits per heavy atom. The number of hydrogen-bond donors (Lipinski definition) is 0. The first kappa shape index (κ1) is 24.3. The fourth-order valence-corrected chi connectivity index (χ4v) is 3.66. The van der Waals surface area contributed by atoms with Crippen LogP contribution in [0.2, 0.25) is 0 Å². The Labute approximate surface area is 201 Å². The molecule has 2 nitrogen and oxygen atoms in total. The molecule has 4 aromatic rings. The van der Waals surface area contributed by atoms with Gasteiger partial charge >= 0.3 is 0 Å². The van der Waals surface area contributed by atoms with Crippen LogP contribution < -0.4 is 9.47 Å². The molecule has 0 atom stereocenters. The minimum atomic E-state index is -0.430. The van der Waals surface area contributed by atoms with Crippen LogP contribution in [0.3, 0.4) is 0 Å². The molecule has 0 aliphatic rings. The maximum atomic E-state index is 14.4. The zero-order valence-electron chi connectivity index (χ0n) is 18.9. The van der Waals surface area contributed by atoms with E-state index in [0.29, 0.717) is 47.0 Å². The smallest absolute Gasteiger partial charge is 0.134 e. The molecule has 35 heavy (non-hydrogen) atoms. The fourth-order valence-electron chi connectivity index (χ4n) is 3.66. The summed E-state index contributed by atoms with van der Waals surface area (Å²) in [5.74, 6) is -0.735. The molecule has 4 rings (SSSR count). The molecule has 0 radical (unpaired) electrons. The molecule has 0 saturated carbocycles. The molecule has 0 aliphatic carbocycles. The lowest BCUT2D eigenvalue weighted by Crippen LogP contribution is -2.01. The standard InChI is InChI=1S/C29H24F4O2/c30-22-8-4-20(5-9-22)26-14-12-24(18-28(26)32)34-16-2-1-3-17-35-25-13-15-27(29(33)19-25)21-6-10-23(31)11-7-21/h4-15,18-19H,1-3,16-17H2. The molecule has 180 valence electrons. The van der Waals surface area contributed by atoms with Crippen LogP contribution in [0.4, 0.5) is 17.6 Å². The van der Waals surface area contributed by atoms with Gasteiger partial charge in [0.2, 0.25) is 0 Å². The van der Waals surface area contributed by atoms with Crippen molar-refractivity contribution in [1.82, 2.24) is 0 Å². The lowest BCUT2D eigenvalue weighted by atomic mass is 10.1. The first-order valence-corrected chi connectivity index (χ1v) is 11.4. The van der Waals surface area contributed by atoms with Crippen LogP contribution >= 0.6 is 0 Å². The molecular formula is C29H24F4O2. The third kappa shape index (κ3) is 6.63. The van der Waals surface area contributed by atoms with Crippen LogP contribution in [-0.2, 0) is 0 Å². The zero-order valence-corrected chi connectivity index (χ0v) is 18.9. The third-order valence-corrected chi connectivity index (χ3v) is 5.52. The summed E-state index contributed by atoms with van der Waals surface area (Å²) in [6.07, 6.45) is 2.33. The normalized spacial score (nSPS) is 10.9. The highest BCUT2D eigenvalue weighted by Gasteiger charge is 2.09. The molecule has 0 saturated heterocycles. The summed E-state index contributed by atoms with van der Waals surface area (Å²) >= 11 is 0. The first-order valence-electron chi connectivity index (χ1n) is 11.4. The zero-order chi connectivity index (χ0) is 24.6. The predicted octanol–water partition coefficient (Wildman–Crippen LogP) is 8.21. The summed E-state index contributed by atoms with van der Waals surface area (Å²) < 4.78 is 66.2. The number of halogens is 4. The summed E-state index contributed by atoms with van der Waals surface area (Å²) in [6.45, 7) is 0.854. The van der Waals surface area contributed by atoms with Gasteiger partial charge in [0.05, 0.1) is 13.2 Å². The maximum absolute atomic E-state index is 14.4. The Bertz CT molecular complexity index is 1160. The minimum absolute atomic E-state index is 0.369. The predicted molar refractivity (Wildman–Crippen MR) is 128 cm³/mol. The summed E-state index contributed by atoms with van der Waals surface area (Å²) in [6, 6.07) is 20.6. The highest BCUT2D eigenvalue weighted by atomic mass is 19.1. The SMILES string of the molecule is Fc1ccc(-c2ccc(OCCCCCOc3ccc(-c4ccc(F)cc4)c(F)c3)cc2F)cc1. The molecule has 0 heterocycles. The average Bonchev–Trinajstić information content (AvgIpc) is 2.85. The van der Waals surface area contributed by atoms with Gasteiger partial charge in [-0.2, -0.15) is 0 Å². The van der Waals surface area contributed by atoms with E-state index in [1.54, 1.807) is 24.3 Å². The van der Waals surface area contributed by atoms with Crippen molar-refractivity contribution in [3.8, 4) is 33.8 Å². The van der Waals surface area contributed by atoms with E-state index in [0.717, 1.165) is 19.3 Å². The number of ether oxygens (including phenoxy) is 2. The van der Waals surface area contributed by atoms with E-state index in [2.05, 4.69) is 0 Å². The first-order chi connectivity index (χ1) is 17.0. The quantitative estimate of drug-likeness (QED) is 0.168. The van der Waals surface area contributed by atoms with Gasteiger partial charge < -0.3 is 9.47 Å². The van der Waals surface area contributed by atoms with E-state index in [4.69, 9.17) is 9.47 Å². The minimum Gasteiger partial charge on any atom is -0.493 e. The van der Waals surface area contributed by atoms with Gasteiger partial charge in [-0.25, -0.2) is 17.6 Å². The van der Waals surface area contributed by atoms with Crippen LogP contribution in [-0.4, -0.2) is 13.2 Å². The summed E-state index contributed by atoms with van der Waals surface area (Å²) in [5.41, 5.74) is 1.97. The van der Waals surface area contributed by atoms with Gasteiger partial charge in [-0.15, -0.1) is 0 Å². The molecule has 0 spiro atoms. The molecule has 0 aromatic heterocycles. The molecule has 0 bridgehead atoms. The Balaban J connectivity index is 1.17. The molecule has 0 N–H and O–H groups in total. The van der Waals surface area contributed by atoms with Gasteiger partial charge in [0.15, 0.2) is 0 Å². The van der Waals surface area contributed by atoms with E-state index >= 15 is 0 Å². The van der Waals surface area contributed by atoms with Crippen LogP contribution in [0, 0.1) is 23.3 Å². The van der Waals surface area contributed by atoms with Crippen molar-refractivity contribution in [1.29, 1.82) is 0 Å². The molecule has 0 aliphatic heterocycles. The molecule has 4 aromatic carbocycles. The number of rotatable bonds is 10. The van der Waals surface area contributed by atoms with Crippen molar-refractivity contribution in [2.75, 3.05) is 13.2 Å². The van der Waals surface area contributed by atoms with Crippen molar-refractivity contribution in [3.63, 3.8) is 0 Å². The highest BCUT2D eigenvalue weighted by Crippen LogP contribution is 2.28. The molecular weight excluding hydrogens is 456 g/mol. The van der Waals surface area contributed by atoms with Crippen molar-refractivity contribution in [2.45, 2.75) is 19.3 Å². The monoisotopic (exact) mass is 480 g/mol. The maximum Gasteiger partial charge on any atom is 0.134 e. The number of hydrogen-bond acceptors (Lipinski definition) is 2. The Kier molecular flexibility index (Phi) is 8.03. The summed E-state index contributed by atoms with van der Waals surface area (Å²) in [4.78, 5) is 0. The van der Waals surface area contributed by atoms with E-state index in [9.17, 15) is 17.6 Å². The average molecular weight is 481 g/mol.